The molecule has 0 aliphatic carbocycles. The van der Waals surface area contributed by atoms with E-state index in [1.54, 1.807) is 0 Å². The van der Waals surface area contributed by atoms with Crippen molar-refractivity contribution in [3.63, 3.8) is 0 Å². The van der Waals surface area contributed by atoms with Crippen molar-refractivity contribution < 1.29 is 28.2 Å². The number of rotatable bonds is 5. The summed E-state index contributed by atoms with van der Waals surface area (Å²) in [7, 11) is 0. The molecule has 0 bridgehead atoms. The summed E-state index contributed by atoms with van der Waals surface area (Å²) in [6.07, 6.45) is 4.38. The molecule has 1 saturated heterocycles. The minimum Gasteiger partial charge on any atom is -0.453 e. The van der Waals surface area contributed by atoms with Gasteiger partial charge in [0, 0.05) is 61.1 Å². The van der Waals surface area contributed by atoms with Crippen molar-refractivity contribution in [2.45, 2.75) is 18.9 Å². The van der Waals surface area contributed by atoms with Crippen LogP contribution in [-0.2, 0) is 4.79 Å². The first-order valence-corrected chi connectivity index (χ1v) is 13.1. The Bertz CT molecular complexity index is 1810. The maximum Gasteiger partial charge on any atom is 0.298 e. The summed E-state index contributed by atoms with van der Waals surface area (Å²) in [5, 5.41) is 12.1. The molecule has 0 spiro atoms. The number of amides is 2. The lowest BCUT2D eigenvalue weighted by atomic mass is 10.1. The highest BCUT2D eigenvalue weighted by molar-refractivity contribution is 6.02. The number of pyridine rings is 1. The highest BCUT2D eigenvalue weighted by Gasteiger charge is 2.21. The number of likely N-dealkylation sites (tertiary alicyclic amines) is 1. The number of halogens is 2. The molecule has 2 aromatic carbocycles. The van der Waals surface area contributed by atoms with Crippen LogP contribution < -0.4 is 21.3 Å². The Kier molecular flexibility index (Phi) is 8.40. The Morgan fingerprint density at radius 2 is 1.77 bits per heavy atom. The van der Waals surface area contributed by atoms with Crippen LogP contribution in [-0.4, -0.2) is 55.5 Å². The summed E-state index contributed by atoms with van der Waals surface area (Å²) >= 11 is 0. The lowest BCUT2D eigenvalue weighted by molar-refractivity contribution is -0.127. The van der Waals surface area contributed by atoms with Gasteiger partial charge in [0.2, 0.25) is 0 Å². The first-order valence-electron chi connectivity index (χ1n) is 13.1. The van der Waals surface area contributed by atoms with Gasteiger partial charge in [0.1, 0.15) is 22.9 Å². The predicted molar refractivity (Wildman–Crippen MR) is 152 cm³/mol. The number of piperidine rings is 1. The molecule has 11 nitrogen and oxygen atoms in total. The standard InChI is InChI=1S/C30H24F2N6O5/c31-18-1-4-20(5-2-18)38-16-13-34-27(30(38)42)29(41)36-19-3-7-25(23(32)17-19)43-24-9-12-35-28(33)22(24)6-8-26(40)37-14-10-21(39)11-15-37/h1-5,7,9,12-13,16-17,21,39H,10-11,14-15H2,(H2,33,35)(H,36,41). The van der Waals surface area contributed by atoms with E-state index in [1.165, 1.54) is 66.0 Å². The smallest absolute Gasteiger partial charge is 0.298 e. The zero-order valence-corrected chi connectivity index (χ0v) is 22.5. The quantitative estimate of drug-likeness (QED) is 0.302. The molecular weight excluding hydrogens is 562 g/mol. The van der Waals surface area contributed by atoms with Gasteiger partial charge in [0.25, 0.3) is 17.4 Å². The van der Waals surface area contributed by atoms with Crippen molar-refractivity contribution in [3.05, 3.63) is 100 Å². The third-order valence-electron chi connectivity index (χ3n) is 6.56. The van der Waals surface area contributed by atoms with Gasteiger partial charge in [0.05, 0.1) is 6.10 Å². The molecule has 2 aromatic heterocycles. The van der Waals surface area contributed by atoms with Gasteiger partial charge in [-0.2, -0.15) is 0 Å². The average Bonchev–Trinajstić information content (AvgIpc) is 2.99. The van der Waals surface area contributed by atoms with Crippen LogP contribution in [0.3, 0.4) is 0 Å². The molecular formula is C30H24F2N6O5. The SMILES string of the molecule is Nc1nccc(Oc2ccc(NC(=O)c3nccn(-c4ccc(F)cc4)c3=O)cc2F)c1C#CC(=O)N1CCC(O)CC1. The summed E-state index contributed by atoms with van der Waals surface area (Å²) in [5.74, 6) is 2.25. The van der Waals surface area contributed by atoms with Gasteiger partial charge in [-0.1, -0.05) is 0 Å². The van der Waals surface area contributed by atoms with Crippen LogP contribution in [0, 0.1) is 23.5 Å². The third-order valence-corrected chi connectivity index (χ3v) is 6.56. The van der Waals surface area contributed by atoms with E-state index in [0.29, 0.717) is 31.6 Å². The van der Waals surface area contributed by atoms with E-state index >= 15 is 4.39 Å². The van der Waals surface area contributed by atoms with E-state index in [0.717, 1.165) is 10.6 Å². The van der Waals surface area contributed by atoms with Gasteiger partial charge in [-0.25, -0.2) is 18.7 Å². The number of hydrogen-bond acceptors (Lipinski definition) is 8. The monoisotopic (exact) mass is 586 g/mol. The van der Waals surface area contributed by atoms with E-state index in [4.69, 9.17) is 10.5 Å². The summed E-state index contributed by atoms with van der Waals surface area (Å²) < 4.78 is 35.1. The number of nitrogens with one attached hydrogen (secondary N) is 1. The molecule has 218 valence electrons. The van der Waals surface area contributed by atoms with E-state index in [9.17, 15) is 23.9 Å². The van der Waals surface area contributed by atoms with Crippen LogP contribution in [0.1, 0.15) is 28.9 Å². The van der Waals surface area contributed by atoms with Crippen LogP contribution in [0.5, 0.6) is 11.5 Å². The number of ether oxygens (including phenoxy) is 1. The zero-order valence-electron chi connectivity index (χ0n) is 22.5. The number of aliphatic hydroxyl groups is 1. The summed E-state index contributed by atoms with van der Waals surface area (Å²) in [5.41, 5.74) is 5.16. The van der Waals surface area contributed by atoms with Gasteiger partial charge in [-0.3, -0.25) is 19.0 Å². The fraction of sp³-hybridized carbons (Fsp3) is 0.167. The number of carbonyl (C=O) groups is 2. The fourth-order valence-electron chi connectivity index (χ4n) is 4.28. The molecule has 13 heteroatoms. The molecule has 3 heterocycles. The number of anilines is 2. The molecule has 1 fully saturated rings. The first-order chi connectivity index (χ1) is 20.7. The molecule has 1 aliphatic heterocycles. The van der Waals surface area contributed by atoms with Crippen molar-refractivity contribution in [2.75, 3.05) is 24.1 Å². The van der Waals surface area contributed by atoms with E-state index < -0.39 is 40.8 Å². The summed E-state index contributed by atoms with van der Waals surface area (Å²) in [4.78, 5) is 47.5. The number of benzene rings is 2. The lowest BCUT2D eigenvalue weighted by Gasteiger charge is -2.27. The van der Waals surface area contributed by atoms with Crippen molar-refractivity contribution in [1.82, 2.24) is 19.4 Å². The molecule has 0 unspecified atom stereocenters. The number of aromatic nitrogens is 3. The Labute approximate surface area is 243 Å². The number of hydrogen-bond donors (Lipinski definition) is 3. The highest BCUT2D eigenvalue weighted by Crippen LogP contribution is 2.30. The third kappa shape index (κ3) is 6.66. The van der Waals surface area contributed by atoms with E-state index in [-0.39, 0.29) is 28.6 Å². The number of nitrogens with two attached hydrogens (primary N) is 1. The number of nitrogen functional groups attached to an aromatic ring is 1. The Balaban J connectivity index is 1.31. The van der Waals surface area contributed by atoms with Crippen molar-refractivity contribution in [3.8, 4) is 29.0 Å². The van der Waals surface area contributed by atoms with Crippen molar-refractivity contribution >= 4 is 23.3 Å². The molecule has 2 amide bonds. The normalized spacial score (nSPS) is 13.1. The van der Waals surface area contributed by atoms with Crippen molar-refractivity contribution in [2.24, 2.45) is 0 Å². The van der Waals surface area contributed by atoms with Gasteiger partial charge in [0.15, 0.2) is 17.3 Å². The summed E-state index contributed by atoms with van der Waals surface area (Å²) in [6.45, 7) is 0.749. The Hall–Kier alpha value is -5.61. The van der Waals surface area contributed by atoms with Crippen LogP contribution in [0.4, 0.5) is 20.3 Å². The molecule has 1 aliphatic rings. The van der Waals surface area contributed by atoms with Crippen LogP contribution in [0.25, 0.3) is 5.69 Å². The lowest BCUT2D eigenvalue weighted by Crippen LogP contribution is -2.39. The fourth-order valence-corrected chi connectivity index (χ4v) is 4.28. The van der Waals surface area contributed by atoms with Gasteiger partial charge in [-0.05, 0) is 55.2 Å². The second kappa shape index (κ2) is 12.5. The molecule has 5 rings (SSSR count). The molecule has 0 radical (unpaired) electrons. The van der Waals surface area contributed by atoms with Crippen molar-refractivity contribution in [1.29, 1.82) is 0 Å². The molecule has 0 saturated carbocycles. The second-order valence-corrected chi connectivity index (χ2v) is 9.47. The maximum absolute atomic E-state index is 15.1. The second-order valence-electron chi connectivity index (χ2n) is 9.47. The highest BCUT2D eigenvalue weighted by atomic mass is 19.1. The topological polar surface area (TPSA) is 153 Å². The van der Waals surface area contributed by atoms with E-state index in [2.05, 4.69) is 27.1 Å². The van der Waals surface area contributed by atoms with Crippen LogP contribution >= 0.6 is 0 Å². The van der Waals surface area contributed by atoms with Gasteiger partial charge in [-0.15, -0.1) is 0 Å². The largest absolute Gasteiger partial charge is 0.453 e. The number of nitrogens with zero attached hydrogens (tertiary/aromatic N) is 4. The number of aliphatic hydroxyl groups excluding tert-OH is 1. The van der Waals surface area contributed by atoms with Gasteiger partial charge >= 0.3 is 0 Å². The molecule has 4 N–H and O–H groups in total. The van der Waals surface area contributed by atoms with Gasteiger partial charge < -0.3 is 25.8 Å². The summed E-state index contributed by atoms with van der Waals surface area (Å²) in [6, 6.07) is 10.1. The molecule has 43 heavy (non-hydrogen) atoms. The van der Waals surface area contributed by atoms with Crippen LogP contribution in [0.15, 0.2) is 71.9 Å². The predicted octanol–water partition coefficient (Wildman–Crippen LogP) is 2.87. The Morgan fingerprint density at radius 1 is 1.02 bits per heavy atom. The average molecular weight is 587 g/mol. The first kappa shape index (κ1) is 28.9. The number of carbonyl (C=O) groups excluding carboxylic acids is 2. The molecule has 4 aromatic rings. The van der Waals surface area contributed by atoms with Crippen LogP contribution in [0.2, 0.25) is 0 Å². The maximum atomic E-state index is 15.1. The van der Waals surface area contributed by atoms with E-state index in [1.807, 2.05) is 0 Å². The minimum atomic E-state index is -0.887. The molecule has 0 atom stereocenters. The minimum absolute atomic E-state index is 0.0136. The zero-order chi connectivity index (χ0) is 30.5. The Morgan fingerprint density at radius 3 is 2.49 bits per heavy atom.